The lowest BCUT2D eigenvalue weighted by atomic mass is 9.88. The van der Waals surface area contributed by atoms with E-state index in [2.05, 4.69) is 27.4 Å². The summed E-state index contributed by atoms with van der Waals surface area (Å²) in [5.74, 6) is 2.99. The summed E-state index contributed by atoms with van der Waals surface area (Å²) in [4.78, 5) is 4.42. The first-order chi connectivity index (χ1) is 9.40. The van der Waals surface area contributed by atoms with Crippen LogP contribution in [0.2, 0.25) is 0 Å². The van der Waals surface area contributed by atoms with Gasteiger partial charge in [-0.05, 0) is 56.4 Å². The van der Waals surface area contributed by atoms with Gasteiger partial charge in [0.15, 0.2) is 0 Å². The molecular weight excluding hydrogens is 234 g/mol. The molecule has 0 aromatic carbocycles. The number of nitrogens with one attached hydrogen (secondary N) is 1. The number of rotatable bonds is 3. The van der Waals surface area contributed by atoms with E-state index < -0.39 is 0 Å². The first-order valence-corrected chi connectivity index (χ1v) is 8.13. The van der Waals surface area contributed by atoms with Crippen LogP contribution in [0.1, 0.15) is 56.7 Å². The average Bonchev–Trinajstić information content (AvgIpc) is 3.16. The van der Waals surface area contributed by atoms with Crippen LogP contribution in [0.25, 0.3) is 0 Å². The number of imidazole rings is 1. The number of piperidine rings is 1. The molecule has 1 N–H and O–H groups in total. The molecule has 3 heteroatoms. The van der Waals surface area contributed by atoms with E-state index in [9.17, 15) is 0 Å². The van der Waals surface area contributed by atoms with E-state index in [1.165, 1.54) is 63.7 Å². The van der Waals surface area contributed by atoms with Crippen LogP contribution in [0.5, 0.6) is 0 Å². The zero-order valence-corrected chi connectivity index (χ0v) is 11.7. The van der Waals surface area contributed by atoms with E-state index in [0.717, 1.165) is 17.8 Å². The molecular formula is C16H25N3. The fourth-order valence-corrected chi connectivity index (χ4v) is 4.73. The highest BCUT2D eigenvalue weighted by Gasteiger charge is 2.39. The molecule has 1 aliphatic heterocycles. The zero-order chi connectivity index (χ0) is 12.7. The molecule has 2 saturated carbocycles. The van der Waals surface area contributed by atoms with Crippen LogP contribution in [-0.4, -0.2) is 16.1 Å². The second-order valence-corrected chi connectivity index (χ2v) is 6.91. The van der Waals surface area contributed by atoms with Crippen LogP contribution >= 0.6 is 0 Å². The predicted octanol–water partition coefficient (Wildman–Crippen LogP) is 3.13. The average molecular weight is 259 g/mol. The minimum absolute atomic E-state index is 0.551. The third kappa shape index (κ3) is 2.22. The summed E-state index contributed by atoms with van der Waals surface area (Å²) < 4.78 is 2.45. The van der Waals surface area contributed by atoms with Crippen molar-refractivity contribution < 1.29 is 0 Å². The fraction of sp³-hybridized carbons (Fsp3) is 0.812. The molecule has 0 radical (unpaired) electrons. The second kappa shape index (κ2) is 4.93. The summed E-state index contributed by atoms with van der Waals surface area (Å²) >= 11 is 0. The van der Waals surface area contributed by atoms with Gasteiger partial charge < -0.3 is 9.88 Å². The van der Waals surface area contributed by atoms with E-state index in [1.54, 1.807) is 0 Å². The predicted molar refractivity (Wildman–Crippen MR) is 75.8 cm³/mol. The Labute approximate surface area is 115 Å². The number of fused-ring (bicyclic) bond motifs is 2. The number of aromatic nitrogens is 2. The highest BCUT2D eigenvalue weighted by Crippen LogP contribution is 2.49. The van der Waals surface area contributed by atoms with Gasteiger partial charge in [-0.15, -0.1) is 0 Å². The Morgan fingerprint density at radius 3 is 2.95 bits per heavy atom. The SMILES string of the molecule is c1ncn(CC2CC3CCC2C3)c1C1CCCCN1. The van der Waals surface area contributed by atoms with E-state index >= 15 is 0 Å². The highest BCUT2D eigenvalue weighted by molar-refractivity contribution is 5.07. The first-order valence-electron chi connectivity index (χ1n) is 8.13. The van der Waals surface area contributed by atoms with Gasteiger partial charge in [0, 0.05) is 18.8 Å². The molecule has 104 valence electrons. The maximum atomic E-state index is 4.42. The summed E-state index contributed by atoms with van der Waals surface area (Å²) in [7, 11) is 0. The van der Waals surface area contributed by atoms with Crippen molar-refractivity contribution in [3.8, 4) is 0 Å². The Bertz CT molecular complexity index is 433. The normalized spacial score (nSPS) is 37.9. The molecule has 4 atom stereocenters. The minimum Gasteiger partial charge on any atom is -0.333 e. The fourth-order valence-electron chi connectivity index (χ4n) is 4.73. The van der Waals surface area contributed by atoms with Crippen molar-refractivity contribution >= 4 is 0 Å². The molecule has 3 nitrogen and oxygen atoms in total. The largest absolute Gasteiger partial charge is 0.333 e. The molecule has 0 spiro atoms. The van der Waals surface area contributed by atoms with Crippen LogP contribution in [0.15, 0.2) is 12.5 Å². The lowest BCUT2D eigenvalue weighted by molar-refractivity contribution is 0.286. The van der Waals surface area contributed by atoms with E-state index in [1.807, 2.05) is 0 Å². The van der Waals surface area contributed by atoms with E-state index in [-0.39, 0.29) is 0 Å². The molecule has 2 heterocycles. The van der Waals surface area contributed by atoms with Crippen molar-refractivity contribution in [3.05, 3.63) is 18.2 Å². The third-order valence-electron chi connectivity index (χ3n) is 5.73. The standard InChI is InChI=1S/C16H25N3/c1-2-6-18-15(3-1)16-9-17-11-19(16)10-14-8-12-4-5-13(14)7-12/h9,11-15,18H,1-8,10H2. The maximum absolute atomic E-state index is 4.42. The smallest absolute Gasteiger partial charge is 0.0948 e. The van der Waals surface area contributed by atoms with Crippen molar-refractivity contribution in [2.45, 2.75) is 57.5 Å². The summed E-state index contributed by atoms with van der Waals surface area (Å²) in [6, 6.07) is 0.551. The number of nitrogens with zero attached hydrogens (tertiary/aromatic N) is 2. The van der Waals surface area contributed by atoms with Gasteiger partial charge in [-0.2, -0.15) is 0 Å². The lowest BCUT2D eigenvalue weighted by Crippen LogP contribution is -2.29. The summed E-state index contributed by atoms with van der Waals surface area (Å²) in [6.07, 6.45) is 14.1. The first kappa shape index (κ1) is 12.0. The molecule has 1 saturated heterocycles. The third-order valence-corrected chi connectivity index (χ3v) is 5.73. The molecule has 3 fully saturated rings. The minimum atomic E-state index is 0.551. The number of hydrogen-bond acceptors (Lipinski definition) is 2. The molecule has 4 rings (SSSR count). The van der Waals surface area contributed by atoms with Crippen LogP contribution < -0.4 is 5.32 Å². The summed E-state index contributed by atoms with van der Waals surface area (Å²) in [5.41, 5.74) is 1.43. The van der Waals surface area contributed by atoms with Crippen molar-refractivity contribution in [3.63, 3.8) is 0 Å². The van der Waals surface area contributed by atoms with Gasteiger partial charge in [0.25, 0.3) is 0 Å². The van der Waals surface area contributed by atoms with Crippen molar-refractivity contribution in [1.82, 2.24) is 14.9 Å². The highest BCUT2D eigenvalue weighted by atomic mass is 15.1. The molecule has 1 aromatic heterocycles. The van der Waals surface area contributed by atoms with Gasteiger partial charge in [-0.3, -0.25) is 0 Å². The molecule has 2 aliphatic carbocycles. The lowest BCUT2D eigenvalue weighted by Gasteiger charge is -2.27. The Kier molecular flexibility index (Phi) is 3.10. The van der Waals surface area contributed by atoms with Gasteiger partial charge in [0.1, 0.15) is 0 Å². The Hall–Kier alpha value is -0.830. The van der Waals surface area contributed by atoms with Gasteiger partial charge in [-0.1, -0.05) is 12.8 Å². The van der Waals surface area contributed by atoms with Gasteiger partial charge in [0.2, 0.25) is 0 Å². The molecule has 3 aliphatic rings. The Morgan fingerprint density at radius 1 is 1.21 bits per heavy atom. The van der Waals surface area contributed by atoms with Gasteiger partial charge >= 0.3 is 0 Å². The topological polar surface area (TPSA) is 29.9 Å². The second-order valence-electron chi connectivity index (χ2n) is 6.91. The molecule has 4 unspecified atom stereocenters. The molecule has 0 amide bonds. The zero-order valence-electron chi connectivity index (χ0n) is 11.7. The summed E-state index contributed by atoms with van der Waals surface area (Å²) in [5, 5.41) is 3.66. The van der Waals surface area contributed by atoms with E-state index in [4.69, 9.17) is 0 Å². The van der Waals surface area contributed by atoms with Crippen LogP contribution in [0.4, 0.5) is 0 Å². The van der Waals surface area contributed by atoms with Gasteiger partial charge in [-0.25, -0.2) is 4.98 Å². The monoisotopic (exact) mass is 259 g/mol. The quantitative estimate of drug-likeness (QED) is 0.904. The molecule has 2 bridgehead atoms. The molecule has 1 aromatic rings. The van der Waals surface area contributed by atoms with Crippen LogP contribution in [0.3, 0.4) is 0 Å². The van der Waals surface area contributed by atoms with Crippen molar-refractivity contribution in [2.24, 2.45) is 17.8 Å². The van der Waals surface area contributed by atoms with Crippen LogP contribution in [-0.2, 0) is 6.54 Å². The molecule has 19 heavy (non-hydrogen) atoms. The van der Waals surface area contributed by atoms with E-state index in [0.29, 0.717) is 6.04 Å². The Morgan fingerprint density at radius 2 is 2.21 bits per heavy atom. The Balaban J connectivity index is 1.47. The van der Waals surface area contributed by atoms with Crippen molar-refractivity contribution in [2.75, 3.05) is 6.54 Å². The van der Waals surface area contributed by atoms with Crippen LogP contribution in [0, 0.1) is 17.8 Å². The maximum Gasteiger partial charge on any atom is 0.0948 e. The summed E-state index contributed by atoms with van der Waals surface area (Å²) in [6.45, 7) is 2.39. The van der Waals surface area contributed by atoms with Crippen molar-refractivity contribution in [1.29, 1.82) is 0 Å². The van der Waals surface area contributed by atoms with Gasteiger partial charge in [0.05, 0.1) is 12.0 Å². The number of hydrogen-bond donors (Lipinski definition) is 1.